The molecule has 0 radical (unpaired) electrons. The van der Waals surface area contributed by atoms with E-state index in [1.165, 1.54) is 6.92 Å². The first-order valence-electron chi connectivity index (χ1n) is 5.02. The Kier molecular flexibility index (Phi) is 3.89. The molecule has 0 spiro atoms. The minimum absolute atomic E-state index is 0.0834. The van der Waals surface area contributed by atoms with Crippen LogP contribution in [0.2, 0.25) is 0 Å². The summed E-state index contributed by atoms with van der Waals surface area (Å²) < 4.78 is 16.0. The van der Waals surface area contributed by atoms with Crippen molar-refractivity contribution in [3.05, 3.63) is 0 Å². The van der Waals surface area contributed by atoms with Crippen molar-refractivity contribution in [1.29, 1.82) is 0 Å². The number of hydrogen-bond acceptors (Lipinski definition) is 4. The summed E-state index contributed by atoms with van der Waals surface area (Å²) in [6.07, 6.45) is 0.219. The van der Waals surface area contributed by atoms with Crippen LogP contribution < -0.4 is 0 Å². The molecule has 82 valence electrons. The van der Waals surface area contributed by atoms with Gasteiger partial charge in [0.1, 0.15) is 0 Å². The molecule has 0 aromatic rings. The van der Waals surface area contributed by atoms with Crippen LogP contribution in [0.5, 0.6) is 0 Å². The Morgan fingerprint density at radius 1 is 1.36 bits per heavy atom. The van der Waals surface area contributed by atoms with Gasteiger partial charge in [-0.3, -0.25) is 4.79 Å². The van der Waals surface area contributed by atoms with Gasteiger partial charge in [0.2, 0.25) is 6.29 Å². The van der Waals surface area contributed by atoms with E-state index < -0.39 is 6.29 Å². The second kappa shape index (κ2) is 4.75. The zero-order valence-corrected chi connectivity index (χ0v) is 9.15. The van der Waals surface area contributed by atoms with Gasteiger partial charge in [-0.25, -0.2) is 0 Å². The third-order valence-electron chi connectivity index (χ3n) is 2.39. The van der Waals surface area contributed by atoms with E-state index in [2.05, 4.69) is 0 Å². The van der Waals surface area contributed by atoms with E-state index in [-0.39, 0.29) is 24.3 Å². The highest BCUT2D eigenvalue weighted by Gasteiger charge is 2.35. The molecule has 1 fully saturated rings. The predicted molar refractivity (Wildman–Crippen MR) is 50.4 cm³/mol. The quantitative estimate of drug-likeness (QED) is 0.639. The molecule has 1 rings (SSSR count). The third kappa shape index (κ3) is 2.69. The van der Waals surface area contributed by atoms with Gasteiger partial charge in [-0.05, 0) is 13.3 Å². The van der Waals surface area contributed by atoms with Crippen molar-refractivity contribution in [2.24, 2.45) is 5.92 Å². The molecule has 0 aliphatic carbocycles. The number of ether oxygens (including phenoxy) is 3. The van der Waals surface area contributed by atoms with Crippen molar-refractivity contribution >= 4 is 5.97 Å². The highest BCUT2D eigenvalue weighted by Crippen LogP contribution is 2.27. The summed E-state index contributed by atoms with van der Waals surface area (Å²) in [7, 11) is 0. The van der Waals surface area contributed by atoms with E-state index in [0.29, 0.717) is 0 Å². The van der Waals surface area contributed by atoms with Crippen molar-refractivity contribution in [1.82, 2.24) is 0 Å². The topological polar surface area (TPSA) is 44.8 Å². The first-order valence-corrected chi connectivity index (χ1v) is 5.02. The largest absolute Gasteiger partial charge is 0.435 e. The lowest BCUT2D eigenvalue weighted by atomic mass is 10.0. The summed E-state index contributed by atoms with van der Waals surface area (Å²) in [4.78, 5) is 10.8. The zero-order valence-electron chi connectivity index (χ0n) is 9.15. The van der Waals surface area contributed by atoms with Crippen LogP contribution in [0.1, 0.15) is 34.1 Å². The van der Waals surface area contributed by atoms with E-state index in [1.54, 1.807) is 0 Å². The van der Waals surface area contributed by atoms with E-state index in [4.69, 9.17) is 14.2 Å². The van der Waals surface area contributed by atoms with E-state index in [1.807, 2.05) is 20.8 Å². The maximum atomic E-state index is 10.8. The number of carbonyl (C=O) groups is 1. The Morgan fingerprint density at radius 2 is 2.00 bits per heavy atom. The summed E-state index contributed by atoms with van der Waals surface area (Å²) in [6.45, 7) is 7.21. The fourth-order valence-electron chi connectivity index (χ4n) is 1.66. The predicted octanol–water partition coefficient (Wildman–Crippen LogP) is 1.68. The lowest BCUT2D eigenvalue weighted by molar-refractivity contribution is -0.314. The standard InChI is InChI=1S/C10H18O4/c1-5-9-6(2)10(12-7(3)11)14-8(4)13-9/h6,8-10H,5H2,1-4H3. The van der Waals surface area contributed by atoms with E-state index >= 15 is 0 Å². The first-order chi connectivity index (χ1) is 6.54. The highest BCUT2D eigenvalue weighted by atomic mass is 16.8. The average Bonchev–Trinajstić information content (AvgIpc) is 2.09. The maximum absolute atomic E-state index is 10.8. The van der Waals surface area contributed by atoms with Crippen LogP contribution in [-0.4, -0.2) is 24.7 Å². The minimum Gasteiger partial charge on any atom is -0.435 e. The van der Waals surface area contributed by atoms with Crippen LogP contribution in [0.25, 0.3) is 0 Å². The highest BCUT2D eigenvalue weighted by molar-refractivity contribution is 5.66. The van der Waals surface area contributed by atoms with Crippen molar-refractivity contribution in [2.45, 2.75) is 52.8 Å². The molecule has 0 saturated carbocycles. The van der Waals surface area contributed by atoms with Gasteiger partial charge in [-0.1, -0.05) is 13.8 Å². The van der Waals surface area contributed by atoms with Crippen molar-refractivity contribution in [2.75, 3.05) is 0 Å². The first kappa shape index (κ1) is 11.5. The van der Waals surface area contributed by atoms with E-state index in [9.17, 15) is 4.79 Å². The Labute approximate surface area is 84.5 Å². The molecule has 0 aromatic heterocycles. The van der Waals surface area contributed by atoms with Gasteiger partial charge in [0, 0.05) is 12.8 Å². The van der Waals surface area contributed by atoms with Crippen molar-refractivity contribution in [3.8, 4) is 0 Å². The lowest BCUT2D eigenvalue weighted by Crippen LogP contribution is -2.45. The SMILES string of the molecule is CCC1OC(C)OC(OC(C)=O)C1C. The van der Waals surface area contributed by atoms with Crippen LogP contribution >= 0.6 is 0 Å². The molecule has 4 heteroatoms. The Morgan fingerprint density at radius 3 is 2.50 bits per heavy atom. The third-order valence-corrected chi connectivity index (χ3v) is 2.39. The molecular weight excluding hydrogens is 184 g/mol. The fraction of sp³-hybridized carbons (Fsp3) is 0.900. The molecular formula is C10H18O4. The molecule has 0 N–H and O–H groups in total. The second-order valence-electron chi connectivity index (χ2n) is 3.62. The van der Waals surface area contributed by atoms with Gasteiger partial charge < -0.3 is 14.2 Å². The molecule has 0 aromatic carbocycles. The lowest BCUT2D eigenvalue weighted by Gasteiger charge is -2.38. The Hall–Kier alpha value is -0.610. The summed E-state index contributed by atoms with van der Waals surface area (Å²) in [5, 5.41) is 0. The van der Waals surface area contributed by atoms with Gasteiger partial charge >= 0.3 is 5.97 Å². The summed E-state index contributed by atoms with van der Waals surface area (Å²) in [6, 6.07) is 0. The molecule has 1 aliphatic heterocycles. The Bertz CT molecular complexity index is 204. The van der Waals surface area contributed by atoms with Gasteiger partial charge in [-0.15, -0.1) is 0 Å². The summed E-state index contributed by atoms with van der Waals surface area (Å²) >= 11 is 0. The number of rotatable bonds is 2. The maximum Gasteiger partial charge on any atom is 0.304 e. The molecule has 1 aliphatic rings. The van der Waals surface area contributed by atoms with Crippen molar-refractivity contribution < 1.29 is 19.0 Å². The number of hydrogen-bond donors (Lipinski definition) is 0. The molecule has 4 atom stereocenters. The van der Waals surface area contributed by atoms with Gasteiger partial charge in [0.05, 0.1) is 6.10 Å². The molecule has 14 heavy (non-hydrogen) atoms. The fourth-order valence-corrected chi connectivity index (χ4v) is 1.66. The molecule has 4 unspecified atom stereocenters. The van der Waals surface area contributed by atoms with Crippen LogP contribution in [0.3, 0.4) is 0 Å². The monoisotopic (exact) mass is 202 g/mol. The second-order valence-corrected chi connectivity index (χ2v) is 3.62. The normalized spacial score (nSPS) is 38.0. The zero-order chi connectivity index (χ0) is 10.7. The molecule has 1 heterocycles. The van der Waals surface area contributed by atoms with Gasteiger partial charge in [0.15, 0.2) is 6.29 Å². The Balaban J connectivity index is 2.59. The molecule has 0 bridgehead atoms. The van der Waals surface area contributed by atoms with Crippen LogP contribution in [0.4, 0.5) is 0 Å². The van der Waals surface area contributed by atoms with Gasteiger partial charge in [0.25, 0.3) is 0 Å². The summed E-state index contributed by atoms with van der Waals surface area (Å²) in [5.41, 5.74) is 0. The molecule has 1 saturated heterocycles. The smallest absolute Gasteiger partial charge is 0.304 e. The molecule has 4 nitrogen and oxygen atoms in total. The van der Waals surface area contributed by atoms with Crippen LogP contribution in [0, 0.1) is 5.92 Å². The van der Waals surface area contributed by atoms with Gasteiger partial charge in [-0.2, -0.15) is 0 Å². The van der Waals surface area contributed by atoms with Crippen molar-refractivity contribution in [3.63, 3.8) is 0 Å². The number of esters is 1. The van der Waals surface area contributed by atoms with E-state index in [0.717, 1.165) is 6.42 Å². The summed E-state index contributed by atoms with van der Waals surface area (Å²) in [5.74, 6) is -0.231. The average molecular weight is 202 g/mol. The van der Waals surface area contributed by atoms with Crippen LogP contribution in [0.15, 0.2) is 0 Å². The number of carbonyl (C=O) groups excluding carboxylic acids is 1. The molecule has 0 amide bonds. The minimum atomic E-state index is -0.471. The van der Waals surface area contributed by atoms with Crippen LogP contribution in [-0.2, 0) is 19.0 Å².